The van der Waals surface area contributed by atoms with Gasteiger partial charge in [-0.15, -0.1) is 0 Å². The highest BCUT2D eigenvalue weighted by atomic mass is 19.2. The fourth-order valence-corrected chi connectivity index (χ4v) is 8.69. The van der Waals surface area contributed by atoms with E-state index in [9.17, 15) is 8.78 Å². The number of rotatable bonds is 7. The highest BCUT2D eigenvalue weighted by Crippen LogP contribution is 2.48. The van der Waals surface area contributed by atoms with Gasteiger partial charge in [0.25, 0.3) is 0 Å². The lowest BCUT2D eigenvalue weighted by Crippen LogP contribution is -2.35. The lowest BCUT2D eigenvalue weighted by Gasteiger charge is -2.43. The first-order valence-electron chi connectivity index (χ1n) is 15.9. The van der Waals surface area contributed by atoms with Crippen molar-refractivity contribution in [2.45, 2.75) is 116 Å². The van der Waals surface area contributed by atoms with E-state index in [0.717, 1.165) is 61.9 Å². The van der Waals surface area contributed by atoms with Crippen molar-refractivity contribution < 1.29 is 18.3 Å². The molecule has 5 rings (SSSR count). The third-order valence-corrected chi connectivity index (χ3v) is 10.9. The highest BCUT2D eigenvalue weighted by Gasteiger charge is 2.37. The second-order valence-corrected chi connectivity index (χ2v) is 12.9. The Morgan fingerprint density at radius 3 is 1.79 bits per heavy atom. The van der Waals surface area contributed by atoms with Gasteiger partial charge in [0, 0.05) is 5.92 Å². The molecule has 1 saturated heterocycles. The Morgan fingerprint density at radius 2 is 1.29 bits per heavy atom. The van der Waals surface area contributed by atoms with Crippen LogP contribution in [0.25, 0.3) is 0 Å². The van der Waals surface area contributed by atoms with E-state index in [1.807, 2.05) is 0 Å². The van der Waals surface area contributed by atoms with Crippen molar-refractivity contribution >= 4 is 0 Å². The predicted molar refractivity (Wildman–Crippen MR) is 150 cm³/mol. The molecule has 212 valence electrons. The van der Waals surface area contributed by atoms with Crippen LogP contribution < -0.4 is 4.74 Å². The Labute approximate surface area is 229 Å². The van der Waals surface area contributed by atoms with Crippen LogP contribution in [0.2, 0.25) is 0 Å². The molecular weight excluding hydrogens is 478 g/mol. The van der Waals surface area contributed by atoms with E-state index in [1.165, 1.54) is 64.2 Å². The van der Waals surface area contributed by atoms with Crippen LogP contribution in [0.4, 0.5) is 8.78 Å². The summed E-state index contributed by atoms with van der Waals surface area (Å²) in [7, 11) is 0. The molecule has 0 spiro atoms. The number of ether oxygens (including phenoxy) is 2. The van der Waals surface area contributed by atoms with Gasteiger partial charge in [-0.3, -0.25) is 0 Å². The van der Waals surface area contributed by atoms with Crippen LogP contribution in [-0.2, 0) is 4.74 Å². The van der Waals surface area contributed by atoms with Crippen molar-refractivity contribution in [2.75, 3.05) is 13.2 Å². The fourth-order valence-electron chi connectivity index (χ4n) is 8.69. The van der Waals surface area contributed by atoms with Crippen LogP contribution in [-0.4, -0.2) is 19.3 Å². The van der Waals surface area contributed by atoms with Crippen LogP contribution in [0.3, 0.4) is 0 Å². The number of benzene rings is 1. The molecular formula is C34H50F2O2. The molecule has 2 nitrogen and oxygen atoms in total. The minimum absolute atomic E-state index is 0.0354. The van der Waals surface area contributed by atoms with Gasteiger partial charge >= 0.3 is 0 Å². The summed E-state index contributed by atoms with van der Waals surface area (Å²) >= 11 is 0. The molecule has 1 aromatic carbocycles. The predicted octanol–water partition coefficient (Wildman–Crippen LogP) is 9.62. The minimum Gasteiger partial charge on any atom is -0.491 e. The first-order valence-corrected chi connectivity index (χ1v) is 15.9. The van der Waals surface area contributed by atoms with E-state index in [4.69, 9.17) is 9.47 Å². The van der Waals surface area contributed by atoms with Gasteiger partial charge in [-0.1, -0.05) is 18.2 Å². The summed E-state index contributed by atoms with van der Waals surface area (Å²) in [6.45, 7) is 5.17. The highest BCUT2D eigenvalue weighted by molar-refractivity contribution is 5.33. The maximum Gasteiger partial charge on any atom is 0.200 e. The summed E-state index contributed by atoms with van der Waals surface area (Å²) in [5.41, 5.74) is 0.556. The molecule has 1 aromatic rings. The van der Waals surface area contributed by atoms with E-state index in [0.29, 0.717) is 24.2 Å². The molecule has 4 heteroatoms. The largest absolute Gasteiger partial charge is 0.491 e. The Morgan fingerprint density at radius 1 is 0.737 bits per heavy atom. The molecule has 3 saturated carbocycles. The average molecular weight is 529 g/mol. The van der Waals surface area contributed by atoms with Crippen molar-refractivity contribution in [1.29, 1.82) is 0 Å². The lowest BCUT2D eigenvalue weighted by molar-refractivity contribution is -0.0521. The van der Waals surface area contributed by atoms with Crippen LogP contribution in [0.15, 0.2) is 24.3 Å². The molecule has 2 atom stereocenters. The summed E-state index contributed by atoms with van der Waals surface area (Å²) in [6, 6.07) is 3.37. The van der Waals surface area contributed by atoms with Gasteiger partial charge in [-0.2, -0.15) is 4.39 Å². The van der Waals surface area contributed by atoms with E-state index < -0.39 is 11.6 Å². The van der Waals surface area contributed by atoms with Gasteiger partial charge in [0.15, 0.2) is 11.6 Å². The number of allylic oxidation sites excluding steroid dienone is 1. The van der Waals surface area contributed by atoms with Crippen molar-refractivity contribution in [3.63, 3.8) is 0 Å². The molecule has 38 heavy (non-hydrogen) atoms. The quantitative estimate of drug-likeness (QED) is 0.328. The molecule has 0 amide bonds. The Balaban J connectivity index is 1.03. The first-order chi connectivity index (χ1) is 18.6. The average Bonchev–Trinajstić information content (AvgIpc) is 2.97. The normalized spacial score (nSPS) is 36.8. The van der Waals surface area contributed by atoms with E-state index in [2.05, 4.69) is 19.1 Å². The maximum atomic E-state index is 14.8. The molecule has 1 aliphatic heterocycles. The van der Waals surface area contributed by atoms with E-state index >= 15 is 0 Å². The fraction of sp³-hybridized carbons (Fsp3) is 0.765. The van der Waals surface area contributed by atoms with Crippen LogP contribution in [0, 0.1) is 47.1 Å². The van der Waals surface area contributed by atoms with Gasteiger partial charge in [0.1, 0.15) is 0 Å². The molecule has 0 radical (unpaired) electrons. The molecule has 4 aliphatic rings. The van der Waals surface area contributed by atoms with Crippen molar-refractivity contribution in [3.05, 3.63) is 41.5 Å². The molecule has 0 aromatic heterocycles. The van der Waals surface area contributed by atoms with Crippen molar-refractivity contribution in [3.8, 4) is 5.75 Å². The summed E-state index contributed by atoms with van der Waals surface area (Å²) in [6.07, 6.45) is 23.0. The second-order valence-electron chi connectivity index (χ2n) is 12.9. The van der Waals surface area contributed by atoms with Crippen molar-refractivity contribution in [2.24, 2.45) is 35.5 Å². The third kappa shape index (κ3) is 6.48. The van der Waals surface area contributed by atoms with E-state index in [-0.39, 0.29) is 11.7 Å². The Bertz CT molecular complexity index is 897. The smallest absolute Gasteiger partial charge is 0.200 e. The molecule has 3 aliphatic carbocycles. The summed E-state index contributed by atoms with van der Waals surface area (Å²) in [4.78, 5) is 0. The number of hydrogen-bond donors (Lipinski definition) is 0. The second kappa shape index (κ2) is 13.3. The standard InChI is InChI=1S/C34H50F2O2/c1-3-5-23-6-20-31(38-22-23)29-17-13-27(14-18-29)25-9-7-24(8-10-25)26-11-15-28(16-12-26)30-19-21-32(37-4-2)34(36)33(30)35/h3,5,19,21,23-29,31H,4,6-18,20,22H2,1-2H3/b5-3+. The number of halogens is 2. The molecule has 0 bridgehead atoms. The Hall–Kier alpha value is -1.42. The van der Waals surface area contributed by atoms with Gasteiger partial charge < -0.3 is 9.47 Å². The van der Waals surface area contributed by atoms with Crippen LogP contribution in [0.5, 0.6) is 5.75 Å². The summed E-state index contributed by atoms with van der Waals surface area (Å²) in [5.74, 6) is 3.56. The summed E-state index contributed by atoms with van der Waals surface area (Å²) in [5, 5.41) is 0. The van der Waals surface area contributed by atoms with Crippen LogP contribution >= 0.6 is 0 Å². The molecule has 1 heterocycles. The zero-order valence-electron chi connectivity index (χ0n) is 23.8. The van der Waals surface area contributed by atoms with Crippen LogP contribution in [0.1, 0.15) is 115 Å². The Kier molecular flexibility index (Phi) is 9.84. The van der Waals surface area contributed by atoms with Crippen molar-refractivity contribution in [1.82, 2.24) is 0 Å². The molecule has 4 fully saturated rings. The molecule has 0 N–H and O–H groups in total. The summed E-state index contributed by atoms with van der Waals surface area (Å²) < 4.78 is 40.7. The topological polar surface area (TPSA) is 18.5 Å². The maximum absolute atomic E-state index is 14.8. The monoisotopic (exact) mass is 528 g/mol. The minimum atomic E-state index is -0.817. The molecule has 2 unspecified atom stereocenters. The van der Waals surface area contributed by atoms with Gasteiger partial charge in [-0.25, -0.2) is 4.39 Å². The van der Waals surface area contributed by atoms with Gasteiger partial charge in [-0.05, 0) is 151 Å². The zero-order valence-corrected chi connectivity index (χ0v) is 23.8. The number of hydrogen-bond acceptors (Lipinski definition) is 2. The van der Waals surface area contributed by atoms with Gasteiger partial charge in [0.2, 0.25) is 5.82 Å². The zero-order chi connectivity index (χ0) is 26.5. The lowest BCUT2D eigenvalue weighted by atomic mass is 9.64. The third-order valence-electron chi connectivity index (χ3n) is 10.9. The first kappa shape index (κ1) is 28.1. The SMILES string of the molecule is C/C=C/C1CCC(C2CCC(C3CCC(C4CCC(c5ccc(OCC)c(F)c5F)CC4)CC3)CC2)OC1. The van der Waals surface area contributed by atoms with E-state index in [1.54, 1.807) is 19.1 Å². The van der Waals surface area contributed by atoms with Gasteiger partial charge in [0.05, 0.1) is 19.3 Å².